The molecule has 2 rings (SSSR count). The van der Waals surface area contributed by atoms with Gasteiger partial charge in [-0.2, -0.15) is 8.42 Å². The summed E-state index contributed by atoms with van der Waals surface area (Å²) in [6, 6.07) is 5.06. The van der Waals surface area contributed by atoms with E-state index < -0.39 is 22.0 Å². The molecule has 0 aromatic rings. The number of hydrogen-bond acceptors (Lipinski definition) is 5. The maximum Gasteiger partial charge on any atom is 0.346 e. The molecule has 2 aliphatic carbocycles. The van der Waals surface area contributed by atoms with E-state index in [0.717, 1.165) is 0 Å². The molecule has 0 bridgehead atoms. The summed E-state index contributed by atoms with van der Waals surface area (Å²) >= 11 is 0. The molecular weight excluding hydrogens is 232 g/mol. The quantitative estimate of drug-likeness (QED) is 0.600. The minimum absolute atomic E-state index is 0.103. The standard InChI is InChI=1S/C10H10O5S/c1-6(2)10(11)14-15-16(12,13)9-7-4-3-5-8(7)9/h3-6H,1-2H3. The fourth-order valence-corrected chi connectivity index (χ4v) is 2.32. The maximum atomic E-state index is 11.5. The molecule has 2 aliphatic rings. The number of rotatable bonds is 4. The highest BCUT2D eigenvalue weighted by molar-refractivity contribution is 7.87. The van der Waals surface area contributed by atoms with Gasteiger partial charge in [0.05, 0.1) is 5.92 Å². The summed E-state index contributed by atoms with van der Waals surface area (Å²) in [4.78, 5) is 15.3. The van der Waals surface area contributed by atoms with Crippen LogP contribution in [0.5, 0.6) is 0 Å². The van der Waals surface area contributed by atoms with Crippen molar-refractivity contribution in [2.75, 3.05) is 0 Å². The summed E-state index contributed by atoms with van der Waals surface area (Å²) in [7, 11) is -3.96. The average molecular weight is 242 g/mol. The van der Waals surface area contributed by atoms with E-state index in [1.165, 1.54) is 0 Å². The van der Waals surface area contributed by atoms with Crippen molar-refractivity contribution in [2.24, 2.45) is 5.92 Å². The molecule has 0 aromatic carbocycles. The van der Waals surface area contributed by atoms with E-state index in [1.54, 1.807) is 32.0 Å². The number of carbonyl (C=O) groups is 1. The van der Waals surface area contributed by atoms with E-state index >= 15 is 0 Å². The molecule has 0 aromatic heterocycles. The minimum atomic E-state index is -3.96. The third-order valence-electron chi connectivity index (χ3n) is 2.17. The summed E-state index contributed by atoms with van der Waals surface area (Å²) in [6.45, 7) is 3.16. The first-order valence-corrected chi connectivity index (χ1v) is 6.12. The number of fused-ring (bicyclic) bond motifs is 1. The van der Waals surface area contributed by atoms with E-state index in [4.69, 9.17) is 0 Å². The molecule has 16 heavy (non-hydrogen) atoms. The predicted octanol–water partition coefficient (Wildman–Crippen LogP) is 1.49. The topological polar surface area (TPSA) is 69.7 Å². The lowest BCUT2D eigenvalue weighted by Crippen LogP contribution is -2.15. The van der Waals surface area contributed by atoms with Crippen molar-refractivity contribution in [3.8, 4) is 11.1 Å². The Labute approximate surface area is 93.0 Å². The zero-order valence-electron chi connectivity index (χ0n) is 8.76. The van der Waals surface area contributed by atoms with Crippen LogP contribution in [-0.4, -0.2) is 14.4 Å². The maximum absolute atomic E-state index is 11.5. The van der Waals surface area contributed by atoms with Crippen LogP contribution in [0.25, 0.3) is 11.1 Å². The van der Waals surface area contributed by atoms with Crippen LogP contribution in [0.15, 0.2) is 23.1 Å². The van der Waals surface area contributed by atoms with Gasteiger partial charge in [-0.25, -0.2) is 4.79 Å². The lowest BCUT2D eigenvalue weighted by Gasteiger charge is -2.02. The minimum Gasteiger partial charge on any atom is -0.281 e. The molecule has 0 amide bonds. The van der Waals surface area contributed by atoms with Gasteiger partial charge in [-0.1, -0.05) is 32.0 Å². The van der Waals surface area contributed by atoms with Gasteiger partial charge in [0.25, 0.3) is 0 Å². The predicted molar refractivity (Wildman–Crippen MR) is 54.6 cm³/mol. The van der Waals surface area contributed by atoms with Gasteiger partial charge in [0.15, 0.2) is 0 Å². The van der Waals surface area contributed by atoms with E-state index in [1.807, 2.05) is 0 Å². The van der Waals surface area contributed by atoms with Gasteiger partial charge in [0, 0.05) is 11.1 Å². The fraction of sp³-hybridized carbons (Fsp3) is 0.300. The highest BCUT2D eigenvalue weighted by Crippen LogP contribution is 2.47. The van der Waals surface area contributed by atoms with E-state index in [0.29, 0.717) is 11.1 Å². The molecule has 86 valence electrons. The number of hydrogen-bond donors (Lipinski definition) is 0. The lowest BCUT2D eigenvalue weighted by atomic mass is 10.2. The van der Waals surface area contributed by atoms with Crippen LogP contribution in [0, 0.1) is 5.92 Å². The van der Waals surface area contributed by atoms with Gasteiger partial charge < -0.3 is 0 Å². The van der Waals surface area contributed by atoms with Gasteiger partial charge in [-0.15, -0.1) is 0 Å². The van der Waals surface area contributed by atoms with Crippen LogP contribution in [0.2, 0.25) is 0 Å². The van der Waals surface area contributed by atoms with Gasteiger partial charge in [0.1, 0.15) is 4.90 Å². The highest BCUT2D eigenvalue weighted by Gasteiger charge is 2.37. The van der Waals surface area contributed by atoms with Crippen molar-refractivity contribution in [3.63, 3.8) is 0 Å². The monoisotopic (exact) mass is 242 g/mol. The third kappa shape index (κ3) is 1.81. The van der Waals surface area contributed by atoms with Crippen LogP contribution in [-0.2, 0) is 24.1 Å². The molecule has 0 heterocycles. The summed E-state index contributed by atoms with van der Waals surface area (Å²) in [5.74, 6) is -1.16. The second-order valence-electron chi connectivity index (χ2n) is 3.76. The molecule has 6 heteroatoms. The van der Waals surface area contributed by atoms with Crippen molar-refractivity contribution >= 4 is 16.1 Å². The Morgan fingerprint density at radius 3 is 2.31 bits per heavy atom. The molecule has 0 aliphatic heterocycles. The Balaban J connectivity index is 2.05. The summed E-state index contributed by atoms with van der Waals surface area (Å²) in [6.07, 6.45) is 0. The second-order valence-corrected chi connectivity index (χ2v) is 5.21. The van der Waals surface area contributed by atoms with Crippen molar-refractivity contribution in [3.05, 3.63) is 18.2 Å². The van der Waals surface area contributed by atoms with E-state index in [-0.39, 0.29) is 4.90 Å². The zero-order chi connectivity index (χ0) is 11.9. The van der Waals surface area contributed by atoms with Crippen LogP contribution in [0.3, 0.4) is 0 Å². The molecule has 5 nitrogen and oxygen atoms in total. The molecule has 0 atom stereocenters. The molecule has 0 N–H and O–H groups in total. The molecular formula is C10H10O5S. The van der Waals surface area contributed by atoms with Crippen molar-refractivity contribution in [1.29, 1.82) is 0 Å². The molecule has 0 radical (unpaired) electrons. The third-order valence-corrected chi connectivity index (χ3v) is 3.36. The first-order valence-electron chi connectivity index (χ1n) is 4.72. The summed E-state index contributed by atoms with van der Waals surface area (Å²) in [5, 5.41) is 0. The Kier molecular flexibility index (Phi) is 2.47. The summed E-state index contributed by atoms with van der Waals surface area (Å²) in [5.41, 5.74) is 1.25. The van der Waals surface area contributed by atoms with Crippen LogP contribution >= 0.6 is 0 Å². The number of benzene rings is 1. The molecule has 0 spiro atoms. The Morgan fingerprint density at radius 1 is 1.25 bits per heavy atom. The van der Waals surface area contributed by atoms with Crippen molar-refractivity contribution in [1.82, 2.24) is 0 Å². The van der Waals surface area contributed by atoms with Crippen LogP contribution in [0.1, 0.15) is 13.8 Å². The van der Waals surface area contributed by atoms with Crippen molar-refractivity contribution < 1.29 is 22.4 Å². The first-order chi connectivity index (χ1) is 7.43. The Morgan fingerprint density at radius 2 is 1.81 bits per heavy atom. The molecule has 0 saturated carbocycles. The van der Waals surface area contributed by atoms with Crippen LogP contribution < -0.4 is 0 Å². The zero-order valence-corrected chi connectivity index (χ0v) is 9.58. The lowest BCUT2D eigenvalue weighted by molar-refractivity contribution is -0.215. The Bertz CT molecular complexity index is 524. The normalized spacial score (nSPS) is 12.7. The smallest absolute Gasteiger partial charge is 0.281 e. The molecule has 0 unspecified atom stereocenters. The summed E-state index contributed by atoms with van der Waals surface area (Å²) < 4.78 is 27.2. The van der Waals surface area contributed by atoms with E-state index in [2.05, 4.69) is 9.22 Å². The van der Waals surface area contributed by atoms with Gasteiger partial charge in [0.2, 0.25) is 0 Å². The largest absolute Gasteiger partial charge is 0.346 e. The van der Waals surface area contributed by atoms with Gasteiger partial charge in [-0.05, 0) is 4.33 Å². The van der Waals surface area contributed by atoms with Gasteiger partial charge >= 0.3 is 16.1 Å². The van der Waals surface area contributed by atoms with E-state index in [9.17, 15) is 13.2 Å². The fourth-order valence-electron chi connectivity index (χ4n) is 1.25. The molecule has 0 saturated heterocycles. The van der Waals surface area contributed by atoms with Crippen molar-refractivity contribution in [2.45, 2.75) is 18.7 Å². The highest BCUT2D eigenvalue weighted by atomic mass is 32.2. The second kappa shape index (κ2) is 3.57. The first kappa shape index (κ1) is 11.1. The average Bonchev–Trinajstić information content (AvgIpc) is 2.73. The van der Waals surface area contributed by atoms with Gasteiger partial charge in [-0.3, -0.25) is 4.89 Å². The molecule has 0 fully saturated rings. The van der Waals surface area contributed by atoms with Crippen LogP contribution in [0.4, 0.5) is 0 Å². The Hall–Kier alpha value is -1.40. The number of carbonyl (C=O) groups excluding carboxylic acids is 1. The SMILES string of the molecule is CC(C)C(=O)OOS(=O)(=O)c1c2cccc1-2.